The fourth-order valence-electron chi connectivity index (χ4n) is 2.22. The van der Waals surface area contributed by atoms with Crippen molar-refractivity contribution in [3.8, 4) is 5.75 Å². The molecule has 2 rings (SSSR count). The van der Waals surface area contributed by atoms with Crippen molar-refractivity contribution in [2.24, 2.45) is 5.10 Å². The zero-order valence-electron chi connectivity index (χ0n) is 15.4. The Morgan fingerprint density at radius 2 is 1.81 bits per heavy atom. The molecule has 0 aliphatic carbocycles. The van der Waals surface area contributed by atoms with E-state index in [1.54, 1.807) is 19.1 Å². The van der Waals surface area contributed by atoms with Crippen LogP contribution in [0.1, 0.15) is 30.5 Å². The van der Waals surface area contributed by atoms with Crippen LogP contribution in [0.2, 0.25) is 0 Å². The van der Waals surface area contributed by atoms with Crippen molar-refractivity contribution in [3.63, 3.8) is 0 Å². The summed E-state index contributed by atoms with van der Waals surface area (Å²) >= 11 is 0. The molecule has 0 aliphatic rings. The molecule has 0 radical (unpaired) electrons. The number of ether oxygens (including phenoxy) is 1. The second-order valence-electron chi connectivity index (χ2n) is 6.03. The molecule has 0 aliphatic heterocycles. The highest BCUT2D eigenvalue weighted by Gasteiger charge is 2.05. The molecule has 0 fully saturated rings. The maximum atomic E-state index is 11.9. The fraction of sp³-hybridized carbons (Fsp3) is 0.250. The summed E-state index contributed by atoms with van der Waals surface area (Å²) in [5, 5.41) is 6.79. The first-order valence-corrected chi connectivity index (χ1v) is 8.26. The maximum absolute atomic E-state index is 11.9. The zero-order valence-corrected chi connectivity index (χ0v) is 15.4. The smallest absolute Gasteiger partial charge is 0.277 e. The largest absolute Gasteiger partial charge is 0.484 e. The number of amides is 2. The third-order valence-corrected chi connectivity index (χ3v) is 3.80. The van der Waals surface area contributed by atoms with Gasteiger partial charge in [0, 0.05) is 12.6 Å². The van der Waals surface area contributed by atoms with Gasteiger partial charge in [0.15, 0.2) is 6.61 Å². The van der Waals surface area contributed by atoms with Gasteiger partial charge in [0.1, 0.15) is 5.75 Å². The average molecular weight is 353 g/mol. The van der Waals surface area contributed by atoms with Crippen LogP contribution in [-0.4, -0.2) is 24.1 Å². The van der Waals surface area contributed by atoms with Crippen LogP contribution >= 0.6 is 0 Å². The van der Waals surface area contributed by atoms with Crippen molar-refractivity contribution in [3.05, 3.63) is 59.2 Å². The van der Waals surface area contributed by atoms with Crippen molar-refractivity contribution in [2.45, 2.75) is 27.7 Å². The van der Waals surface area contributed by atoms with Crippen LogP contribution in [0.5, 0.6) is 5.75 Å². The minimum atomic E-state index is -0.347. The van der Waals surface area contributed by atoms with Gasteiger partial charge in [0.05, 0.1) is 5.71 Å². The molecule has 0 atom stereocenters. The molecule has 2 aromatic rings. The first-order valence-electron chi connectivity index (χ1n) is 8.26. The molecule has 0 bridgehead atoms. The van der Waals surface area contributed by atoms with E-state index in [1.807, 2.05) is 44.2 Å². The Balaban J connectivity index is 1.92. The molecule has 6 heteroatoms. The molecule has 2 amide bonds. The van der Waals surface area contributed by atoms with Crippen LogP contribution in [0.3, 0.4) is 0 Å². The molecule has 136 valence electrons. The maximum Gasteiger partial charge on any atom is 0.277 e. The van der Waals surface area contributed by atoms with Gasteiger partial charge in [-0.1, -0.05) is 18.2 Å². The summed E-state index contributed by atoms with van der Waals surface area (Å²) in [7, 11) is 0. The second kappa shape index (κ2) is 8.80. The van der Waals surface area contributed by atoms with Crippen LogP contribution in [0, 0.1) is 13.8 Å². The Morgan fingerprint density at radius 1 is 1.04 bits per heavy atom. The van der Waals surface area contributed by atoms with Gasteiger partial charge in [0.25, 0.3) is 5.91 Å². The first-order chi connectivity index (χ1) is 12.3. The summed E-state index contributed by atoms with van der Waals surface area (Å²) in [4.78, 5) is 23.0. The Hall–Kier alpha value is -3.15. The van der Waals surface area contributed by atoms with Gasteiger partial charge in [-0.25, -0.2) is 5.43 Å². The van der Waals surface area contributed by atoms with Crippen molar-refractivity contribution < 1.29 is 14.3 Å². The van der Waals surface area contributed by atoms with Gasteiger partial charge in [-0.05, 0) is 61.7 Å². The molecule has 2 N–H and O–H groups in total. The van der Waals surface area contributed by atoms with Crippen LogP contribution in [0.15, 0.2) is 47.6 Å². The van der Waals surface area contributed by atoms with E-state index in [-0.39, 0.29) is 18.4 Å². The van der Waals surface area contributed by atoms with Gasteiger partial charge in [0.2, 0.25) is 5.91 Å². The summed E-state index contributed by atoms with van der Waals surface area (Å²) < 4.78 is 5.48. The zero-order chi connectivity index (χ0) is 19.1. The Kier molecular flexibility index (Phi) is 6.49. The SMILES string of the molecule is CC(=O)Nc1cccc(/C(C)=N\NC(=O)COc2ccc(C)c(C)c2)c1. The Morgan fingerprint density at radius 3 is 2.50 bits per heavy atom. The van der Waals surface area contributed by atoms with Crippen molar-refractivity contribution in [2.75, 3.05) is 11.9 Å². The number of nitrogens with one attached hydrogen (secondary N) is 2. The molecule has 26 heavy (non-hydrogen) atoms. The Labute approximate surface area is 153 Å². The predicted octanol–water partition coefficient (Wildman–Crippen LogP) is 3.18. The van der Waals surface area contributed by atoms with E-state index in [0.717, 1.165) is 11.1 Å². The third kappa shape index (κ3) is 5.73. The lowest BCUT2D eigenvalue weighted by molar-refractivity contribution is -0.123. The van der Waals surface area contributed by atoms with E-state index < -0.39 is 0 Å². The van der Waals surface area contributed by atoms with Crippen molar-refractivity contribution >= 4 is 23.2 Å². The fourth-order valence-corrected chi connectivity index (χ4v) is 2.22. The van der Waals surface area contributed by atoms with Gasteiger partial charge in [-0.15, -0.1) is 0 Å². The van der Waals surface area contributed by atoms with Crippen molar-refractivity contribution in [1.29, 1.82) is 0 Å². The number of anilines is 1. The normalized spacial score (nSPS) is 11.0. The lowest BCUT2D eigenvalue weighted by atomic mass is 10.1. The number of aryl methyl sites for hydroxylation is 2. The number of nitrogens with zero attached hydrogens (tertiary/aromatic N) is 1. The number of hydrogen-bond donors (Lipinski definition) is 2. The molecule has 0 heterocycles. The molecule has 2 aromatic carbocycles. The molecular weight excluding hydrogens is 330 g/mol. The van der Waals surface area contributed by atoms with Crippen LogP contribution < -0.4 is 15.5 Å². The van der Waals surface area contributed by atoms with E-state index >= 15 is 0 Å². The van der Waals surface area contributed by atoms with Crippen LogP contribution in [0.25, 0.3) is 0 Å². The number of rotatable bonds is 6. The third-order valence-electron chi connectivity index (χ3n) is 3.80. The molecular formula is C20H23N3O3. The van der Waals surface area contributed by atoms with E-state index in [4.69, 9.17) is 4.74 Å². The highest BCUT2D eigenvalue weighted by atomic mass is 16.5. The van der Waals surface area contributed by atoms with E-state index in [2.05, 4.69) is 15.8 Å². The number of benzene rings is 2. The summed E-state index contributed by atoms with van der Waals surface area (Å²) in [6.45, 7) is 7.11. The standard InChI is InChI=1S/C20H23N3O3/c1-13-8-9-19(10-14(13)2)26-12-20(25)23-22-15(3)17-6-5-7-18(11-17)21-16(4)24/h5-11H,12H2,1-4H3,(H,21,24)(H,23,25)/b22-15-. The van der Waals surface area contributed by atoms with Crippen molar-refractivity contribution in [1.82, 2.24) is 5.43 Å². The molecule has 0 aromatic heterocycles. The Bertz CT molecular complexity index is 844. The average Bonchev–Trinajstić information content (AvgIpc) is 2.60. The first kappa shape index (κ1) is 19.2. The minimum Gasteiger partial charge on any atom is -0.484 e. The predicted molar refractivity (Wildman–Crippen MR) is 103 cm³/mol. The van der Waals surface area contributed by atoms with Gasteiger partial charge in [-0.3, -0.25) is 9.59 Å². The summed E-state index contributed by atoms with van der Waals surface area (Å²) in [5.41, 5.74) is 6.85. The number of hydrogen-bond acceptors (Lipinski definition) is 4. The monoisotopic (exact) mass is 353 g/mol. The quantitative estimate of drug-likeness (QED) is 0.618. The highest BCUT2D eigenvalue weighted by Crippen LogP contribution is 2.16. The molecule has 0 saturated heterocycles. The summed E-state index contributed by atoms with van der Waals surface area (Å²) in [6, 6.07) is 12.9. The molecule has 0 saturated carbocycles. The number of carbonyl (C=O) groups is 2. The highest BCUT2D eigenvalue weighted by molar-refractivity contribution is 6.00. The summed E-state index contributed by atoms with van der Waals surface area (Å²) in [6.07, 6.45) is 0. The van der Waals surface area contributed by atoms with Crippen LogP contribution in [0.4, 0.5) is 5.69 Å². The van der Waals surface area contributed by atoms with Crippen LogP contribution in [-0.2, 0) is 9.59 Å². The molecule has 0 unspecified atom stereocenters. The lowest BCUT2D eigenvalue weighted by Crippen LogP contribution is -2.25. The molecule has 0 spiro atoms. The molecule has 6 nitrogen and oxygen atoms in total. The number of hydrazone groups is 1. The van der Waals surface area contributed by atoms with Gasteiger partial charge >= 0.3 is 0 Å². The second-order valence-corrected chi connectivity index (χ2v) is 6.03. The number of carbonyl (C=O) groups excluding carboxylic acids is 2. The summed E-state index contributed by atoms with van der Waals surface area (Å²) in [5.74, 6) is 0.154. The van der Waals surface area contributed by atoms with E-state index in [9.17, 15) is 9.59 Å². The van der Waals surface area contributed by atoms with E-state index in [1.165, 1.54) is 12.5 Å². The minimum absolute atomic E-state index is 0.120. The van der Waals surface area contributed by atoms with Gasteiger partial charge < -0.3 is 10.1 Å². The van der Waals surface area contributed by atoms with Gasteiger partial charge in [-0.2, -0.15) is 5.10 Å². The lowest BCUT2D eigenvalue weighted by Gasteiger charge is -2.08. The topological polar surface area (TPSA) is 79.8 Å². The van der Waals surface area contributed by atoms with E-state index in [0.29, 0.717) is 17.1 Å².